The predicted octanol–water partition coefficient (Wildman–Crippen LogP) is 2.73. The summed E-state index contributed by atoms with van der Waals surface area (Å²) in [5.41, 5.74) is 0. The van der Waals surface area contributed by atoms with Gasteiger partial charge in [0.05, 0.1) is 6.26 Å². The fraction of sp³-hybridized carbons (Fsp3) is 0.143. The minimum Gasteiger partial charge on any atom is -0.469 e. The van der Waals surface area contributed by atoms with Gasteiger partial charge < -0.3 is 4.42 Å². The summed E-state index contributed by atoms with van der Waals surface area (Å²) in [5, 5.41) is 0. The van der Waals surface area contributed by atoms with Crippen LogP contribution in [0.1, 0.15) is 5.76 Å². The topological polar surface area (TPSA) is 13.1 Å². The normalized spacial score (nSPS) is 9.44. The molecule has 0 aliphatic carbocycles. The third-order valence-electron chi connectivity index (χ3n) is 0.946. The first kappa shape index (κ1) is 6.62. The van der Waals surface area contributed by atoms with Crippen LogP contribution in [0.25, 0.3) is 0 Å². The molecular formula is C7H7BrO. The first-order valence-electron chi connectivity index (χ1n) is 2.64. The van der Waals surface area contributed by atoms with Crippen LogP contribution in [-0.2, 0) is 6.42 Å². The molecule has 48 valence electrons. The number of hydrogen-bond donors (Lipinski definition) is 0. The van der Waals surface area contributed by atoms with E-state index in [0.29, 0.717) is 0 Å². The van der Waals surface area contributed by atoms with E-state index >= 15 is 0 Å². The van der Waals surface area contributed by atoms with Gasteiger partial charge in [0.1, 0.15) is 5.76 Å². The summed E-state index contributed by atoms with van der Waals surface area (Å²) >= 11 is 3.24. The molecule has 0 saturated carbocycles. The standard InChI is InChI=1S/C7H7BrO/c1-6(8)5-7-3-2-4-9-7/h2-4H,1,5H2. The lowest BCUT2D eigenvalue weighted by atomic mass is 10.3. The van der Waals surface area contributed by atoms with E-state index in [1.807, 2.05) is 12.1 Å². The first-order chi connectivity index (χ1) is 4.29. The van der Waals surface area contributed by atoms with Gasteiger partial charge in [-0.2, -0.15) is 0 Å². The van der Waals surface area contributed by atoms with Gasteiger partial charge >= 0.3 is 0 Å². The number of hydrogen-bond acceptors (Lipinski definition) is 1. The van der Waals surface area contributed by atoms with Gasteiger partial charge in [-0.3, -0.25) is 0 Å². The minimum atomic E-state index is 0.771. The Balaban J connectivity index is 2.58. The number of allylic oxidation sites excluding steroid dienone is 1. The molecule has 1 aromatic heterocycles. The van der Waals surface area contributed by atoms with Gasteiger partial charge in [-0.05, 0) is 16.6 Å². The molecular weight excluding hydrogens is 180 g/mol. The van der Waals surface area contributed by atoms with Crippen LogP contribution in [0.3, 0.4) is 0 Å². The van der Waals surface area contributed by atoms with Crippen LogP contribution >= 0.6 is 15.9 Å². The first-order valence-corrected chi connectivity index (χ1v) is 3.44. The highest BCUT2D eigenvalue weighted by Crippen LogP contribution is 2.10. The second-order valence-corrected chi connectivity index (χ2v) is 2.89. The molecule has 0 unspecified atom stereocenters. The van der Waals surface area contributed by atoms with Crippen molar-refractivity contribution in [1.82, 2.24) is 0 Å². The van der Waals surface area contributed by atoms with Crippen LogP contribution in [0.5, 0.6) is 0 Å². The van der Waals surface area contributed by atoms with E-state index in [9.17, 15) is 0 Å². The van der Waals surface area contributed by atoms with Crippen LogP contribution in [-0.4, -0.2) is 0 Å². The molecule has 1 aromatic rings. The van der Waals surface area contributed by atoms with Gasteiger partial charge in [-0.15, -0.1) is 0 Å². The van der Waals surface area contributed by atoms with Crippen molar-refractivity contribution in [3.63, 3.8) is 0 Å². The fourth-order valence-electron chi connectivity index (χ4n) is 0.602. The van der Waals surface area contributed by atoms with E-state index in [4.69, 9.17) is 4.42 Å². The summed E-state index contributed by atoms with van der Waals surface area (Å²) in [7, 11) is 0. The van der Waals surface area contributed by atoms with E-state index in [1.165, 1.54) is 0 Å². The number of rotatable bonds is 2. The Morgan fingerprint density at radius 1 is 1.78 bits per heavy atom. The van der Waals surface area contributed by atoms with E-state index in [2.05, 4.69) is 22.5 Å². The molecule has 0 aromatic carbocycles. The molecule has 1 nitrogen and oxygen atoms in total. The highest BCUT2D eigenvalue weighted by Gasteiger charge is 1.93. The van der Waals surface area contributed by atoms with E-state index in [-0.39, 0.29) is 0 Å². The highest BCUT2D eigenvalue weighted by molar-refractivity contribution is 9.11. The van der Waals surface area contributed by atoms with Gasteiger partial charge in [-0.1, -0.05) is 22.5 Å². The van der Waals surface area contributed by atoms with E-state index in [1.54, 1.807) is 6.26 Å². The van der Waals surface area contributed by atoms with Gasteiger partial charge in [0.15, 0.2) is 0 Å². The fourth-order valence-corrected chi connectivity index (χ4v) is 0.879. The van der Waals surface area contributed by atoms with Crippen LogP contribution in [0.2, 0.25) is 0 Å². The Morgan fingerprint density at radius 3 is 3.00 bits per heavy atom. The summed E-state index contributed by atoms with van der Waals surface area (Å²) < 4.78 is 6.00. The number of furan rings is 1. The van der Waals surface area contributed by atoms with Gasteiger partial charge in [0.2, 0.25) is 0 Å². The summed E-state index contributed by atoms with van der Waals surface area (Å²) in [4.78, 5) is 0. The van der Waals surface area contributed by atoms with E-state index < -0.39 is 0 Å². The lowest BCUT2D eigenvalue weighted by Gasteiger charge is -1.89. The maximum atomic E-state index is 5.05. The van der Waals surface area contributed by atoms with Crippen molar-refractivity contribution >= 4 is 15.9 Å². The molecule has 0 aliphatic rings. The smallest absolute Gasteiger partial charge is 0.108 e. The second-order valence-electron chi connectivity index (χ2n) is 1.77. The molecule has 1 rings (SSSR count). The number of halogens is 1. The van der Waals surface area contributed by atoms with Crippen molar-refractivity contribution in [2.45, 2.75) is 6.42 Å². The van der Waals surface area contributed by atoms with Crippen LogP contribution < -0.4 is 0 Å². The van der Waals surface area contributed by atoms with Crippen molar-refractivity contribution in [2.24, 2.45) is 0 Å². The molecule has 0 amide bonds. The lowest BCUT2D eigenvalue weighted by molar-refractivity contribution is 0.522. The zero-order chi connectivity index (χ0) is 6.69. The highest BCUT2D eigenvalue weighted by atomic mass is 79.9. The molecule has 1 heterocycles. The molecule has 2 heteroatoms. The molecule has 0 N–H and O–H groups in total. The third-order valence-corrected chi connectivity index (χ3v) is 1.23. The summed E-state index contributed by atoms with van der Waals surface area (Å²) in [5.74, 6) is 0.942. The van der Waals surface area contributed by atoms with Crippen LogP contribution in [0.15, 0.2) is 33.9 Å². The molecule has 0 atom stereocenters. The summed E-state index contributed by atoms with van der Waals surface area (Å²) in [6, 6.07) is 3.79. The Labute approximate surface area is 62.5 Å². The lowest BCUT2D eigenvalue weighted by Crippen LogP contribution is -1.76. The Hall–Kier alpha value is -0.500. The largest absolute Gasteiger partial charge is 0.469 e. The second kappa shape index (κ2) is 2.87. The zero-order valence-corrected chi connectivity index (χ0v) is 6.52. The Morgan fingerprint density at radius 2 is 2.56 bits per heavy atom. The third kappa shape index (κ3) is 2.06. The molecule has 0 saturated heterocycles. The van der Waals surface area contributed by atoms with Gasteiger partial charge in [-0.25, -0.2) is 0 Å². The average molecular weight is 187 g/mol. The van der Waals surface area contributed by atoms with E-state index in [0.717, 1.165) is 16.7 Å². The molecule has 0 fully saturated rings. The average Bonchev–Trinajstić information content (AvgIpc) is 2.15. The maximum Gasteiger partial charge on any atom is 0.108 e. The van der Waals surface area contributed by atoms with Crippen molar-refractivity contribution in [3.05, 3.63) is 35.2 Å². The zero-order valence-electron chi connectivity index (χ0n) is 4.93. The van der Waals surface area contributed by atoms with Gasteiger partial charge in [0.25, 0.3) is 0 Å². The van der Waals surface area contributed by atoms with Gasteiger partial charge in [0, 0.05) is 6.42 Å². The van der Waals surface area contributed by atoms with Crippen LogP contribution in [0.4, 0.5) is 0 Å². The van der Waals surface area contributed by atoms with Crippen LogP contribution in [0, 0.1) is 0 Å². The Bertz CT molecular complexity index is 189. The van der Waals surface area contributed by atoms with Crippen molar-refractivity contribution in [3.8, 4) is 0 Å². The summed E-state index contributed by atoms with van der Waals surface area (Å²) in [6.45, 7) is 3.69. The maximum absolute atomic E-state index is 5.05. The molecule has 0 aliphatic heterocycles. The quantitative estimate of drug-likeness (QED) is 0.693. The van der Waals surface area contributed by atoms with Crippen molar-refractivity contribution in [2.75, 3.05) is 0 Å². The SMILES string of the molecule is C=C(Br)Cc1ccco1. The summed E-state index contributed by atoms with van der Waals surface area (Å²) in [6.07, 6.45) is 2.43. The van der Waals surface area contributed by atoms with Crippen molar-refractivity contribution < 1.29 is 4.42 Å². The minimum absolute atomic E-state index is 0.771. The molecule has 0 bridgehead atoms. The molecule has 0 spiro atoms. The monoisotopic (exact) mass is 186 g/mol. The molecule has 0 radical (unpaired) electrons. The molecule has 9 heavy (non-hydrogen) atoms. The van der Waals surface area contributed by atoms with Crippen molar-refractivity contribution in [1.29, 1.82) is 0 Å². The Kier molecular flexibility index (Phi) is 2.11. The predicted molar refractivity (Wildman–Crippen MR) is 40.5 cm³/mol.